The van der Waals surface area contributed by atoms with E-state index in [4.69, 9.17) is 4.74 Å². The Morgan fingerprint density at radius 1 is 1.36 bits per heavy atom. The van der Waals surface area contributed by atoms with Gasteiger partial charge in [-0.15, -0.1) is 6.58 Å². The Labute approximate surface area is 149 Å². The van der Waals surface area contributed by atoms with Crippen LogP contribution in [0.5, 0.6) is 5.75 Å². The van der Waals surface area contributed by atoms with Gasteiger partial charge in [0.2, 0.25) is 0 Å². The molecule has 0 aromatic heterocycles. The highest BCUT2D eigenvalue weighted by atomic mass is 16.5. The number of amides is 3. The normalized spacial score (nSPS) is 14.7. The molecule has 1 fully saturated rings. The van der Waals surface area contributed by atoms with Gasteiger partial charge in [-0.2, -0.15) is 0 Å². The highest BCUT2D eigenvalue weighted by molar-refractivity contribution is 5.98. The van der Waals surface area contributed by atoms with E-state index in [2.05, 4.69) is 17.2 Å². The van der Waals surface area contributed by atoms with Gasteiger partial charge in [-0.3, -0.25) is 4.79 Å². The predicted octanol–water partition coefficient (Wildman–Crippen LogP) is 3.41. The maximum absolute atomic E-state index is 12.5. The van der Waals surface area contributed by atoms with Crippen LogP contribution in [0.25, 0.3) is 0 Å². The average Bonchev–Trinajstić information content (AvgIpc) is 3.15. The summed E-state index contributed by atoms with van der Waals surface area (Å²) in [7, 11) is 1.53. The molecule has 6 heteroatoms. The van der Waals surface area contributed by atoms with Crippen molar-refractivity contribution in [1.82, 2.24) is 10.2 Å². The second kappa shape index (κ2) is 9.11. The molecule has 1 aliphatic heterocycles. The SMILES string of the molecule is C=CC[C@H](CC)NC(=O)Nc1cc(C(=O)N2CCCC2)ccc1OC. The Morgan fingerprint density at radius 2 is 2.08 bits per heavy atom. The minimum atomic E-state index is -0.322. The number of nitrogens with zero attached hydrogens (tertiary/aromatic N) is 1. The summed E-state index contributed by atoms with van der Waals surface area (Å²) >= 11 is 0. The van der Waals surface area contributed by atoms with Crippen LogP contribution in [0.2, 0.25) is 0 Å². The third-order valence-corrected chi connectivity index (χ3v) is 4.37. The average molecular weight is 345 g/mol. The van der Waals surface area contributed by atoms with Crippen molar-refractivity contribution in [2.45, 2.75) is 38.6 Å². The number of carbonyl (C=O) groups excluding carboxylic acids is 2. The van der Waals surface area contributed by atoms with Crippen LogP contribution in [0.15, 0.2) is 30.9 Å². The molecule has 0 radical (unpaired) electrons. The van der Waals surface area contributed by atoms with Crippen molar-refractivity contribution in [3.05, 3.63) is 36.4 Å². The van der Waals surface area contributed by atoms with Gasteiger partial charge >= 0.3 is 6.03 Å². The molecule has 136 valence electrons. The third-order valence-electron chi connectivity index (χ3n) is 4.37. The van der Waals surface area contributed by atoms with Gasteiger partial charge in [0.15, 0.2) is 0 Å². The van der Waals surface area contributed by atoms with Crippen LogP contribution in [0.4, 0.5) is 10.5 Å². The number of nitrogens with one attached hydrogen (secondary N) is 2. The zero-order chi connectivity index (χ0) is 18.2. The molecule has 1 atom stereocenters. The Hall–Kier alpha value is -2.50. The first kappa shape index (κ1) is 18.8. The quantitative estimate of drug-likeness (QED) is 0.744. The molecule has 0 aliphatic carbocycles. The lowest BCUT2D eigenvalue weighted by Crippen LogP contribution is -2.37. The molecule has 0 bridgehead atoms. The van der Waals surface area contributed by atoms with E-state index in [1.807, 2.05) is 11.8 Å². The van der Waals surface area contributed by atoms with E-state index >= 15 is 0 Å². The van der Waals surface area contributed by atoms with Crippen molar-refractivity contribution < 1.29 is 14.3 Å². The molecular weight excluding hydrogens is 318 g/mol. The van der Waals surface area contributed by atoms with E-state index in [1.54, 1.807) is 24.3 Å². The summed E-state index contributed by atoms with van der Waals surface area (Å²) in [5.41, 5.74) is 1.04. The van der Waals surface area contributed by atoms with E-state index in [9.17, 15) is 9.59 Å². The lowest BCUT2D eigenvalue weighted by atomic mass is 10.1. The molecule has 6 nitrogen and oxygen atoms in total. The maximum atomic E-state index is 12.5. The molecule has 1 heterocycles. The van der Waals surface area contributed by atoms with Crippen molar-refractivity contribution in [3.8, 4) is 5.75 Å². The second-order valence-electron chi connectivity index (χ2n) is 6.14. The molecule has 1 aromatic rings. The van der Waals surface area contributed by atoms with E-state index in [0.29, 0.717) is 23.4 Å². The molecule has 25 heavy (non-hydrogen) atoms. The minimum absolute atomic E-state index is 0.0123. The summed E-state index contributed by atoms with van der Waals surface area (Å²) in [6.45, 7) is 7.28. The monoisotopic (exact) mass is 345 g/mol. The standard InChI is InChI=1S/C19H27N3O3/c1-4-8-15(5-2)20-19(24)21-16-13-14(9-10-17(16)25-3)18(23)22-11-6-7-12-22/h4,9-10,13,15H,1,5-8,11-12H2,2-3H3,(H2,20,21,24)/t15-/m0/s1. The second-order valence-corrected chi connectivity index (χ2v) is 6.14. The number of hydrogen-bond acceptors (Lipinski definition) is 3. The van der Waals surface area contributed by atoms with E-state index < -0.39 is 0 Å². The first-order chi connectivity index (χ1) is 12.1. The number of urea groups is 1. The van der Waals surface area contributed by atoms with Crippen LogP contribution >= 0.6 is 0 Å². The van der Waals surface area contributed by atoms with Gasteiger partial charge in [0, 0.05) is 24.7 Å². The number of methoxy groups -OCH3 is 1. The Morgan fingerprint density at radius 3 is 2.68 bits per heavy atom. The lowest BCUT2D eigenvalue weighted by molar-refractivity contribution is 0.0793. The zero-order valence-electron chi connectivity index (χ0n) is 15.0. The number of rotatable bonds is 7. The lowest BCUT2D eigenvalue weighted by Gasteiger charge is -2.19. The van der Waals surface area contributed by atoms with Crippen molar-refractivity contribution >= 4 is 17.6 Å². The van der Waals surface area contributed by atoms with Crippen molar-refractivity contribution in [3.63, 3.8) is 0 Å². The van der Waals surface area contributed by atoms with Gasteiger partial charge in [0.05, 0.1) is 12.8 Å². The van der Waals surface area contributed by atoms with E-state index in [0.717, 1.165) is 32.4 Å². The first-order valence-electron chi connectivity index (χ1n) is 8.74. The smallest absolute Gasteiger partial charge is 0.319 e. The number of benzene rings is 1. The summed E-state index contributed by atoms with van der Waals surface area (Å²) in [6, 6.07) is 4.82. The number of hydrogen-bond donors (Lipinski definition) is 2. The number of carbonyl (C=O) groups is 2. The molecule has 1 saturated heterocycles. The first-order valence-corrected chi connectivity index (χ1v) is 8.74. The van der Waals surface area contributed by atoms with Gasteiger partial charge < -0.3 is 20.3 Å². The molecule has 1 aliphatic rings. The fourth-order valence-electron chi connectivity index (χ4n) is 2.91. The molecule has 0 spiro atoms. The fraction of sp³-hybridized carbons (Fsp3) is 0.474. The fourth-order valence-corrected chi connectivity index (χ4v) is 2.91. The minimum Gasteiger partial charge on any atom is -0.495 e. The summed E-state index contributed by atoms with van der Waals surface area (Å²) in [4.78, 5) is 26.6. The van der Waals surface area contributed by atoms with Gasteiger partial charge in [-0.05, 0) is 43.9 Å². The van der Waals surface area contributed by atoms with Crippen LogP contribution in [0.1, 0.15) is 43.0 Å². The third kappa shape index (κ3) is 4.98. The summed E-state index contributed by atoms with van der Waals surface area (Å²) in [6.07, 6.45) is 5.37. The largest absolute Gasteiger partial charge is 0.495 e. The van der Waals surface area contributed by atoms with Gasteiger partial charge in [-0.25, -0.2) is 4.79 Å². The molecular formula is C19H27N3O3. The molecule has 1 aromatic carbocycles. The van der Waals surface area contributed by atoms with E-state index in [-0.39, 0.29) is 18.0 Å². The van der Waals surface area contributed by atoms with Crippen molar-refractivity contribution in [1.29, 1.82) is 0 Å². The highest BCUT2D eigenvalue weighted by Crippen LogP contribution is 2.26. The van der Waals surface area contributed by atoms with Crippen LogP contribution < -0.4 is 15.4 Å². The van der Waals surface area contributed by atoms with Crippen LogP contribution in [-0.2, 0) is 0 Å². The molecule has 2 N–H and O–H groups in total. The Bertz CT molecular complexity index is 624. The van der Waals surface area contributed by atoms with Crippen LogP contribution in [0.3, 0.4) is 0 Å². The number of anilines is 1. The zero-order valence-corrected chi connectivity index (χ0v) is 15.0. The summed E-state index contributed by atoms with van der Waals surface area (Å²) in [5, 5.41) is 5.69. The molecule has 3 amide bonds. The summed E-state index contributed by atoms with van der Waals surface area (Å²) < 4.78 is 5.30. The van der Waals surface area contributed by atoms with Gasteiger partial charge in [0.1, 0.15) is 5.75 Å². The summed E-state index contributed by atoms with van der Waals surface area (Å²) in [5.74, 6) is 0.506. The van der Waals surface area contributed by atoms with Gasteiger partial charge in [-0.1, -0.05) is 13.0 Å². The number of likely N-dealkylation sites (tertiary alicyclic amines) is 1. The van der Waals surface area contributed by atoms with Crippen LogP contribution in [0, 0.1) is 0 Å². The maximum Gasteiger partial charge on any atom is 0.319 e. The van der Waals surface area contributed by atoms with Gasteiger partial charge in [0.25, 0.3) is 5.91 Å². The topological polar surface area (TPSA) is 70.7 Å². The van der Waals surface area contributed by atoms with E-state index in [1.165, 1.54) is 7.11 Å². The van der Waals surface area contributed by atoms with Crippen molar-refractivity contribution in [2.24, 2.45) is 0 Å². The number of ether oxygens (including phenoxy) is 1. The van der Waals surface area contributed by atoms with Crippen molar-refractivity contribution in [2.75, 3.05) is 25.5 Å². The van der Waals surface area contributed by atoms with Crippen LogP contribution in [-0.4, -0.2) is 43.1 Å². The highest BCUT2D eigenvalue weighted by Gasteiger charge is 2.21. The molecule has 0 unspecified atom stereocenters. The Kier molecular flexibility index (Phi) is 6.86. The predicted molar refractivity (Wildman–Crippen MR) is 99.2 cm³/mol. The molecule has 0 saturated carbocycles. The Balaban J connectivity index is 2.12. The molecule has 2 rings (SSSR count).